The predicted octanol–water partition coefficient (Wildman–Crippen LogP) is 5.52. The van der Waals surface area contributed by atoms with E-state index in [0.717, 1.165) is 28.8 Å². The Hall–Kier alpha value is -1.59. The van der Waals surface area contributed by atoms with Crippen molar-refractivity contribution in [1.29, 1.82) is 0 Å². The maximum absolute atomic E-state index is 13.9. The first-order valence-electron chi connectivity index (χ1n) is 14.9. The Labute approximate surface area is 224 Å². The first kappa shape index (κ1) is 24.5. The van der Waals surface area contributed by atoms with Crippen molar-refractivity contribution in [3.8, 4) is 11.5 Å². The number of hydrogen-bond donors (Lipinski definition) is 1. The Kier molecular flexibility index (Phi) is 4.58. The van der Waals surface area contributed by atoms with Gasteiger partial charge in [0.2, 0.25) is 0 Å². The molecule has 3 aliphatic carbocycles. The summed E-state index contributed by atoms with van der Waals surface area (Å²) in [6.07, 6.45) is 2.04. The van der Waals surface area contributed by atoms with Gasteiger partial charge in [-0.25, -0.2) is 0 Å². The highest BCUT2D eigenvalue weighted by Crippen LogP contribution is 2.78. The number of quaternary nitrogens is 1. The number of carbonyl (C=O) groups is 1. The molecular formula is C32H48NO4+. The van der Waals surface area contributed by atoms with Crippen molar-refractivity contribution < 1.29 is 25.2 Å². The Morgan fingerprint density at radius 1 is 1.11 bits per heavy atom. The first-order chi connectivity index (χ1) is 17.4. The van der Waals surface area contributed by atoms with E-state index in [-0.39, 0.29) is 24.7 Å². The second-order valence-corrected chi connectivity index (χ2v) is 14.7. The Morgan fingerprint density at radius 3 is 2.27 bits per heavy atom. The van der Waals surface area contributed by atoms with Gasteiger partial charge in [0.15, 0.2) is 23.4 Å². The lowest BCUT2D eigenvalue weighted by Crippen LogP contribution is -2.95. The quantitative estimate of drug-likeness (QED) is 0.541. The van der Waals surface area contributed by atoms with Crippen LogP contribution in [0, 0.1) is 25.2 Å². The summed E-state index contributed by atoms with van der Waals surface area (Å²) in [5.41, 5.74) is -0.218. The Balaban J connectivity index is 1.91. The van der Waals surface area contributed by atoms with Crippen molar-refractivity contribution in [3.63, 3.8) is 0 Å². The molecule has 5 nitrogen and oxygen atoms in total. The van der Waals surface area contributed by atoms with Gasteiger partial charge in [0, 0.05) is 28.7 Å². The molecule has 5 aliphatic rings. The van der Waals surface area contributed by atoms with E-state index in [4.69, 9.17) is 9.47 Å². The van der Waals surface area contributed by atoms with Crippen LogP contribution in [0.4, 0.5) is 0 Å². The normalized spacial score (nSPS) is 42.2. The minimum Gasteiger partial charge on any atom is -0.493 e. The van der Waals surface area contributed by atoms with Crippen molar-refractivity contribution in [1.82, 2.24) is 0 Å². The molecule has 0 radical (unpaired) electrons. The summed E-state index contributed by atoms with van der Waals surface area (Å²) in [6.45, 7) is 23.1. The van der Waals surface area contributed by atoms with Crippen LogP contribution in [0.1, 0.15) is 105 Å². The van der Waals surface area contributed by atoms with Crippen LogP contribution >= 0.6 is 0 Å². The van der Waals surface area contributed by atoms with Crippen molar-refractivity contribution >= 4 is 5.78 Å². The minimum atomic E-state index is -1.48. The first-order valence-corrected chi connectivity index (χ1v) is 14.4. The largest absolute Gasteiger partial charge is 0.493 e. The Bertz CT molecular complexity index is 1280. The lowest BCUT2D eigenvalue weighted by molar-refractivity contribution is -1.04. The van der Waals surface area contributed by atoms with Crippen LogP contribution in [0.2, 0.25) is 0 Å². The summed E-state index contributed by atoms with van der Waals surface area (Å²) in [6, 6.07) is -1.22. The number of ketones is 1. The van der Waals surface area contributed by atoms with Crippen LogP contribution in [0.15, 0.2) is 0 Å². The maximum Gasteiger partial charge on any atom is 0.174 e. The monoisotopic (exact) mass is 511 g/mol. The molecule has 5 heteroatoms. The molecule has 1 spiro atoms. The zero-order valence-electron chi connectivity index (χ0n) is 25.9. The molecule has 3 fully saturated rings. The third-order valence-electron chi connectivity index (χ3n) is 12.5. The van der Waals surface area contributed by atoms with E-state index in [0.29, 0.717) is 21.9 Å². The molecule has 6 rings (SSSR count). The molecule has 2 heterocycles. The van der Waals surface area contributed by atoms with Crippen LogP contribution < -0.4 is 9.47 Å². The molecule has 1 saturated heterocycles. The zero-order chi connectivity index (χ0) is 28.2. The summed E-state index contributed by atoms with van der Waals surface area (Å²) in [5.74, 6) is 1.87. The number of methoxy groups -OCH3 is 1. The van der Waals surface area contributed by atoms with Gasteiger partial charge in [0.05, 0.1) is 25.1 Å². The number of nitrogens with zero attached hydrogens (tertiary/aromatic N) is 1. The van der Waals surface area contributed by atoms with E-state index in [9.17, 15) is 11.3 Å². The molecule has 1 unspecified atom stereocenters. The highest BCUT2D eigenvalue weighted by atomic mass is 16.5. The summed E-state index contributed by atoms with van der Waals surface area (Å²) in [7, 11) is 1.66. The number of hydrogen-bond acceptors (Lipinski definition) is 4. The molecule has 0 aromatic heterocycles. The van der Waals surface area contributed by atoms with Gasteiger partial charge < -0.3 is 19.1 Å². The molecular weight excluding hydrogens is 462 g/mol. The fourth-order valence-electron chi connectivity index (χ4n) is 10.5. The number of benzene rings is 1. The molecule has 1 N–H and O–H groups in total. The predicted molar refractivity (Wildman–Crippen MR) is 145 cm³/mol. The second kappa shape index (κ2) is 6.94. The minimum absolute atomic E-state index is 0.0341. The van der Waals surface area contributed by atoms with Crippen molar-refractivity contribution in [2.75, 3.05) is 13.7 Å². The number of aliphatic hydroxyl groups is 1. The van der Waals surface area contributed by atoms with E-state index in [1.807, 2.05) is 0 Å². The molecule has 204 valence electrons. The molecule has 37 heavy (non-hydrogen) atoms. The van der Waals surface area contributed by atoms with Crippen LogP contribution in [0.5, 0.6) is 11.5 Å². The fourth-order valence-corrected chi connectivity index (χ4v) is 10.5. The summed E-state index contributed by atoms with van der Waals surface area (Å²) < 4.78 is 24.3. The molecule has 1 aromatic carbocycles. The smallest absolute Gasteiger partial charge is 0.174 e. The van der Waals surface area contributed by atoms with Gasteiger partial charge in [-0.15, -0.1) is 0 Å². The summed E-state index contributed by atoms with van der Waals surface area (Å²) >= 11 is 0. The second-order valence-electron chi connectivity index (χ2n) is 14.7. The molecule has 0 amide bonds. The lowest BCUT2D eigenvalue weighted by atomic mass is 9.33. The fraction of sp³-hybridized carbons (Fsp3) is 0.781. The van der Waals surface area contributed by atoms with E-state index in [1.165, 1.54) is 12.8 Å². The van der Waals surface area contributed by atoms with E-state index >= 15 is 0 Å². The van der Waals surface area contributed by atoms with Crippen molar-refractivity contribution in [3.05, 3.63) is 22.3 Å². The molecule has 5 atom stereocenters. The molecule has 2 saturated carbocycles. The van der Waals surface area contributed by atoms with Gasteiger partial charge in [-0.1, -0.05) is 13.8 Å². The van der Waals surface area contributed by atoms with Gasteiger partial charge in [0.1, 0.15) is 18.5 Å². The lowest BCUT2D eigenvalue weighted by Gasteiger charge is -2.80. The average molecular weight is 512 g/mol. The topological polar surface area (TPSA) is 55.8 Å². The average Bonchev–Trinajstić information content (AvgIpc) is 3.56. The van der Waals surface area contributed by atoms with E-state index in [1.54, 1.807) is 7.11 Å². The molecule has 2 bridgehead atoms. The number of likely N-dealkylation sites (tertiary alicyclic amines) is 1. The van der Waals surface area contributed by atoms with Crippen molar-refractivity contribution in [2.24, 2.45) is 11.3 Å². The number of piperidine rings is 1. The van der Waals surface area contributed by atoms with Gasteiger partial charge >= 0.3 is 0 Å². The van der Waals surface area contributed by atoms with Gasteiger partial charge in [-0.05, 0) is 91.3 Å². The number of ether oxygens (including phenoxy) is 2. The standard InChI is InChI=1S/C32H48NO4/c1-17(2)33(16-20-12-13-20)27-28(5,6)22-18(3)19(4)24(36-11)25-23(22)32(29(7,8)30(33,9)10)26(37-25)21(34)14-15-31(27,32)35/h17,20,26-27,35H,12-16H2,1-11H3/q+1/t26-,27+,31-,32-,33?/m0/s1/i27D. The zero-order valence-corrected chi connectivity index (χ0v) is 24.9. The molecule has 1 aromatic rings. The van der Waals surface area contributed by atoms with Crippen LogP contribution in [0.25, 0.3) is 0 Å². The summed E-state index contributed by atoms with van der Waals surface area (Å²) in [5, 5.41) is 13.7. The SMILES string of the molecule is [2H][C@@]12C(C)(C)c3c(C)c(C)c(OC)c4c3[C@]3([C@@H](O4)C(=O)CC[C@@]31O)C(C)(C)C(C)(C)[N+]2(CC1CC1)C(C)C. The third kappa shape index (κ3) is 2.34. The third-order valence-corrected chi connectivity index (χ3v) is 12.5. The van der Waals surface area contributed by atoms with E-state index < -0.39 is 39.5 Å². The molecule has 2 aliphatic heterocycles. The Morgan fingerprint density at radius 2 is 1.73 bits per heavy atom. The summed E-state index contributed by atoms with van der Waals surface area (Å²) in [4.78, 5) is 13.9. The maximum atomic E-state index is 13.9. The highest BCUT2D eigenvalue weighted by Gasteiger charge is 2.89. The van der Waals surface area contributed by atoms with Gasteiger partial charge in [-0.3, -0.25) is 4.79 Å². The van der Waals surface area contributed by atoms with E-state index in [2.05, 4.69) is 69.2 Å². The van der Waals surface area contributed by atoms with Crippen LogP contribution in [0.3, 0.4) is 0 Å². The highest BCUT2D eigenvalue weighted by molar-refractivity contribution is 5.91. The van der Waals surface area contributed by atoms with Gasteiger partial charge in [0.25, 0.3) is 0 Å². The van der Waals surface area contributed by atoms with Crippen LogP contribution in [-0.4, -0.2) is 58.3 Å². The number of rotatable bonds is 4. The number of carbonyl (C=O) groups excluding carboxylic acids is 1. The number of Topliss-reactive ketones (excluding diaryl/α,β-unsaturated/α-hetero) is 1. The van der Waals surface area contributed by atoms with Crippen LogP contribution in [-0.2, 0) is 15.6 Å². The van der Waals surface area contributed by atoms with Gasteiger partial charge in [-0.2, -0.15) is 0 Å². The van der Waals surface area contributed by atoms with Crippen molar-refractivity contribution in [2.45, 2.75) is 135 Å².